The van der Waals surface area contributed by atoms with Crippen LogP contribution in [-0.4, -0.2) is 28.0 Å². The maximum atomic E-state index is 13.0. The summed E-state index contributed by atoms with van der Waals surface area (Å²) in [4.78, 5) is 18.3. The number of amides is 1. The summed E-state index contributed by atoms with van der Waals surface area (Å²) >= 11 is 0. The molecule has 0 aliphatic rings. The third-order valence-corrected chi connectivity index (χ3v) is 4.45. The number of aromatic nitrogens is 2. The summed E-state index contributed by atoms with van der Waals surface area (Å²) in [5, 5.41) is 3.86. The highest BCUT2D eigenvalue weighted by molar-refractivity contribution is 5.76. The Labute approximate surface area is 155 Å². The number of rotatable bonds is 6. The van der Waals surface area contributed by atoms with Gasteiger partial charge in [-0.2, -0.15) is 4.98 Å². The van der Waals surface area contributed by atoms with E-state index >= 15 is 0 Å². The average molecular weight is 371 g/mol. The second kappa shape index (κ2) is 8.07. The van der Waals surface area contributed by atoms with Crippen LogP contribution < -0.4 is 0 Å². The SMILES string of the molecule is CC(c1ccc(F)cc1)N(C)C(=O)CCc1nc(-c2ccc(F)cc2)no1. The van der Waals surface area contributed by atoms with Crippen LogP contribution in [0.4, 0.5) is 8.78 Å². The van der Waals surface area contributed by atoms with Crippen LogP contribution in [0, 0.1) is 11.6 Å². The number of hydrogen-bond acceptors (Lipinski definition) is 4. The van der Waals surface area contributed by atoms with Crippen LogP contribution >= 0.6 is 0 Å². The van der Waals surface area contributed by atoms with Crippen molar-refractivity contribution in [1.29, 1.82) is 0 Å². The molecule has 140 valence electrons. The van der Waals surface area contributed by atoms with Gasteiger partial charge >= 0.3 is 0 Å². The maximum absolute atomic E-state index is 13.0. The molecular formula is C20H19F2N3O2. The van der Waals surface area contributed by atoms with Crippen molar-refractivity contribution in [2.45, 2.75) is 25.8 Å². The fourth-order valence-corrected chi connectivity index (χ4v) is 2.64. The molecule has 1 unspecified atom stereocenters. The molecule has 1 aromatic heterocycles. The summed E-state index contributed by atoms with van der Waals surface area (Å²) in [6, 6.07) is 11.7. The van der Waals surface area contributed by atoms with Crippen molar-refractivity contribution >= 4 is 5.91 Å². The van der Waals surface area contributed by atoms with Gasteiger partial charge in [-0.1, -0.05) is 17.3 Å². The number of halogens is 2. The van der Waals surface area contributed by atoms with Crippen LogP contribution in [0.3, 0.4) is 0 Å². The van der Waals surface area contributed by atoms with Crippen LogP contribution in [0.1, 0.15) is 30.8 Å². The monoisotopic (exact) mass is 371 g/mol. The minimum atomic E-state index is -0.341. The molecule has 2 aromatic carbocycles. The molecule has 5 nitrogen and oxygen atoms in total. The number of carbonyl (C=O) groups is 1. The van der Waals surface area contributed by atoms with Gasteiger partial charge in [0.2, 0.25) is 17.6 Å². The Bertz CT molecular complexity index is 908. The van der Waals surface area contributed by atoms with Gasteiger partial charge in [-0.05, 0) is 48.9 Å². The van der Waals surface area contributed by atoms with Crippen molar-refractivity contribution in [3.8, 4) is 11.4 Å². The van der Waals surface area contributed by atoms with Gasteiger partial charge in [0.15, 0.2) is 0 Å². The second-order valence-corrected chi connectivity index (χ2v) is 6.25. The van der Waals surface area contributed by atoms with E-state index in [-0.39, 0.29) is 30.0 Å². The van der Waals surface area contributed by atoms with E-state index in [9.17, 15) is 13.6 Å². The third-order valence-electron chi connectivity index (χ3n) is 4.45. The highest BCUT2D eigenvalue weighted by atomic mass is 19.1. The molecule has 3 rings (SSSR count). The Kier molecular flexibility index (Phi) is 5.59. The first kappa shape index (κ1) is 18.7. The first-order valence-electron chi connectivity index (χ1n) is 8.53. The summed E-state index contributed by atoms with van der Waals surface area (Å²) in [7, 11) is 1.70. The molecule has 1 amide bonds. The maximum Gasteiger partial charge on any atom is 0.227 e. The predicted octanol–water partition coefficient (Wildman–Crippen LogP) is 4.17. The number of carbonyl (C=O) groups excluding carboxylic acids is 1. The molecule has 0 spiro atoms. The van der Waals surface area contributed by atoms with Gasteiger partial charge < -0.3 is 9.42 Å². The van der Waals surface area contributed by atoms with Gasteiger partial charge in [0.1, 0.15) is 11.6 Å². The fourth-order valence-electron chi connectivity index (χ4n) is 2.64. The molecule has 0 saturated heterocycles. The van der Waals surface area contributed by atoms with Crippen molar-refractivity contribution in [2.75, 3.05) is 7.05 Å². The zero-order chi connectivity index (χ0) is 19.4. The van der Waals surface area contributed by atoms with Gasteiger partial charge in [-0.25, -0.2) is 8.78 Å². The van der Waals surface area contributed by atoms with E-state index in [1.807, 2.05) is 6.92 Å². The van der Waals surface area contributed by atoms with Crippen molar-refractivity contribution in [2.24, 2.45) is 0 Å². The molecule has 0 saturated carbocycles. The Morgan fingerprint density at radius 2 is 1.67 bits per heavy atom. The van der Waals surface area contributed by atoms with Crippen LogP contribution in [-0.2, 0) is 11.2 Å². The molecule has 0 aliphatic heterocycles. The van der Waals surface area contributed by atoms with Gasteiger partial charge in [0.05, 0.1) is 6.04 Å². The van der Waals surface area contributed by atoms with E-state index in [0.717, 1.165) is 5.56 Å². The van der Waals surface area contributed by atoms with E-state index in [0.29, 0.717) is 23.7 Å². The Morgan fingerprint density at radius 3 is 2.30 bits per heavy atom. The van der Waals surface area contributed by atoms with Crippen LogP contribution in [0.5, 0.6) is 0 Å². The first-order valence-corrected chi connectivity index (χ1v) is 8.53. The number of hydrogen-bond donors (Lipinski definition) is 0. The second-order valence-electron chi connectivity index (χ2n) is 6.25. The molecule has 27 heavy (non-hydrogen) atoms. The van der Waals surface area contributed by atoms with Crippen molar-refractivity contribution in [1.82, 2.24) is 15.0 Å². The Hall–Kier alpha value is -3.09. The highest BCUT2D eigenvalue weighted by Gasteiger charge is 2.18. The average Bonchev–Trinajstić information content (AvgIpc) is 3.15. The molecule has 7 heteroatoms. The lowest BCUT2D eigenvalue weighted by Crippen LogP contribution is -2.29. The molecule has 0 fully saturated rings. The van der Waals surface area contributed by atoms with E-state index in [2.05, 4.69) is 10.1 Å². The Balaban J connectivity index is 1.58. The third kappa shape index (κ3) is 4.55. The van der Waals surface area contributed by atoms with Crippen molar-refractivity contribution in [3.05, 3.63) is 71.6 Å². The van der Waals surface area contributed by atoms with Gasteiger partial charge in [0, 0.05) is 25.5 Å². The summed E-state index contributed by atoms with van der Waals surface area (Å²) < 4.78 is 31.2. The van der Waals surface area contributed by atoms with E-state index in [1.54, 1.807) is 36.2 Å². The molecule has 0 N–H and O–H groups in total. The van der Waals surface area contributed by atoms with Crippen molar-refractivity contribution < 1.29 is 18.1 Å². The lowest BCUT2D eigenvalue weighted by Gasteiger charge is -2.25. The van der Waals surface area contributed by atoms with E-state index < -0.39 is 0 Å². The van der Waals surface area contributed by atoms with Crippen molar-refractivity contribution in [3.63, 3.8) is 0 Å². The number of nitrogens with zero attached hydrogens (tertiary/aromatic N) is 3. The predicted molar refractivity (Wildman–Crippen MR) is 95.6 cm³/mol. The van der Waals surface area contributed by atoms with Gasteiger partial charge in [-0.15, -0.1) is 0 Å². The molecule has 0 radical (unpaired) electrons. The highest BCUT2D eigenvalue weighted by Crippen LogP contribution is 2.21. The normalized spacial score (nSPS) is 12.0. The topological polar surface area (TPSA) is 59.2 Å². The molecular weight excluding hydrogens is 352 g/mol. The lowest BCUT2D eigenvalue weighted by atomic mass is 10.1. The minimum Gasteiger partial charge on any atom is -0.339 e. The molecule has 0 aliphatic carbocycles. The number of aryl methyl sites for hydroxylation is 1. The molecule has 1 heterocycles. The number of benzene rings is 2. The largest absolute Gasteiger partial charge is 0.339 e. The van der Waals surface area contributed by atoms with E-state index in [1.165, 1.54) is 24.3 Å². The van der Waals surface area contributed by atoms with Gasteiger partial charge in [-0.3, -0.25) is 4.79 Å². The summed E-state index contributed by atoms with van der Waals surface area (Å²) in [5.41, 5.74) is 1.49. The summed E-state index contributed by atoms with van der Waals surface area (Å²) in [5.74, 6) is -0.0518. The minimum absolute atomic E-state index is 0.0895. The molecule has 3 aromatic rings. The van der Waals surface area contributed by atoms with Crippen LogP contribution in [0.25, 0.3) is 11.4 Å². The zero-order valence-electron chi connectivity index (χ0n) is 15.0. The Morgan fingerprint density at radius 1 is 1.07 bits per heavy atom. The van der Waals surface area contributed by atoms with Crippen LogP contribution in [0.2, 0.25) is 0 Å². The van der Waals surface area contributed by atoms with Crippen LogP contribution in [0.15, 0.2) is 53.1 Å². The lowest BCUT2D eigenvalue weighted by molar-refractivity contribution is -0.131. The molecule has 0 bridgehead atoms. The van der Waals surface area contributed by atoms with Gasteiger partial charge in [0.25, 0.3) is 0 Å². The fraction of sp³-hybridized carbons (Fsp3) is 0.250. The standard InChI is InChI=1S/C20H19F2N3O2/c1-13(14-3-7-16(21)8-4-14)25(2)19(26)12-11-18-23-20(24-27-18)15-5-9-17(22)10-6-15/h3-10,13H,11-12H2,1-2H3. The zero-order valence-corrected chi connectivity index (χ0v) is 15.0. The summed E-state index contributed by atoms with van der Waals surface area (Å²) in [6.45, 7) is 1.88. The van der Waals surface area contributed by atoms with E-state index in [4.69, 9.17) is 4.52 Å². The summed E-state index contributed by atoms with van der Waals surface area (Å²) in [6.07, 6.45) is 0.501. The smallest absolute Gasteiger partial charge is 0.227 e. The first-order chi connectivity index (χ1) is 12.9. The molecule has 1 atom stereocenters. The quantitative estimate of drug-likeness (QED) is 0.653.